The average molecular weight is 273 g/mol. The summed E-state index contributed by atoms with van der Waals surface area (Å²) in [4.78, 5) is 0.191. The molecule has 5 nitrogen and oxygen atoms in total. The zero-order valence-corrected chi connectivity index (χ0v) is 11.4. The Bertz CT molecular complexity index is 455. The first-order valence-corrected chi connectivity index (χ1v) is 7.31. The zero-order chi connectivity index (χ0) is 13.6. The van der Waals surface area contributed by atoms with E-state index in [1.54, 1.807) is 19.1 Å². The number of benzene rings is 1. The first kappa shape index (κ1) is 14.9. The fourth-order valence-corrected chi connectivity index (χ4v) is 2.45. The van der Waals surface area contributed by atoms with Gasteiger partial charge < -0.3 is 9.84 Å². The molecule has 0 saturated carbocycles. The number of hydrogen-bond donors (Lipinski definition) is 2. The molecule has 1 unspecified atom stereocenters. The summed E-state index contributed by atoms with van der Waals surface area (Å²) in [5.74, 6) is 0.530. The molecule has 1 aromatic rings. The van der Waals surface area contributed by atoms with Crippen molar-refractivity contribution in [2.75, 3.05) is 19.8 Å². The van der Waals surface area contributed by atoms with Crippen molar-refractivity contribution >= 4 is 10.0 Å². The molecule has 102 valence electrons. The summed E-state index contributed by atoms with van der Waals surface area (Å²) in [6, 6.07) is 6.23. The summed E-state index contributed by atoms with van der Waals surface area (Å²) < 4.78 is 31.5. The van der Waals surface area contributed by atoms with Crippen LogP contribution in [0.4, 0.5) is 0 Å². The van der Waals surface area contributed by atoms with E-state index in [9.17, 15) is 8.42 Å². The summed E-state index contributed by atoms with van der Waals surface area (Å²) >= 11 is 0. The number of rotatable bonds is 7. The molecular formula is C12H19NO4S. The number of hydrogen-bond acceptors (Lipinski definition) is 4. The Balaban J connectivity index is 2.72. The van der Waals surface area contributed by atoms with Gasteiger partial charge in [-0.15, -0.1) is 0 Å². The van der Waals surface area contributed by atoms with Gasteiger partial charge in [-0.1, -0.05) is 6.92 Å². The van der Waals surface area contributed by atoms with Gasteiger partial charge >= 0.3 is 0 Å². The molecule has 1 aromatic carbocycles. The third-order valence-corrected chi connectivity index (χ3v) is 3.82. The molecule has 0 heterocycles. The Kier molecular flexibility index (Phi) is 5.58. The highest BCUT2D eigenvalue weighted by molar-refractivity contribution is 7.89. The van der Waals surface area contributed by atoms with E-state index in [4.69, 9.17) is 9.84 Å². The number of nitrogens with one attached hydrogen (secondary N) is 1. The SMILES string of the molecule is CCOc1ccc(S(=O)(=O)NCC(C)CO)cc1. The predicted molar refractivity (Wildman–Crippen MR) is 69.0 cm³/mol. The highest BCUT2D eigenvalue weighted by Gasteiger charge is 2.14. The molecule has 1 rings (SSSR count). The minimum Gasteiger partial charge on any atom is -0.494 e. The molecule has 0 radical (unpaired) electrons. The van der Waals surface area contributed by atoms with Gasteiger partial charge in [0.05, 0.1) is 11.5 Å². The predicted octanol–water partition coefficient (Wildman–Crippen LogP) is 0.992. The van der Waals surface area contributed by atoms with Crippen LogP contribution in [-0.2, 0) is 10.0 Å². The number of aliphatic hydroxyl groups excluding tert-OH is 1. The van der Waals surface area contributed by atoms with E-state index in [1.807, 2.05) is 6.92 Å². The molecule has 0 amide bonds. The van der Waals surface area contributed by atoms with Crippen LogP contribution in [0.25, 0.3) is 0 Å². The quantitative estimate of drug-likeness (QED) is 0.777. The van der Waals surface area contributed by atoms with Crippen molar-refractivity contribution in [2.24, 2.45) is 5.92 Å². The van der Waals surface area contributed by atoms with Crippen LogP contribution in [0.5, 0.6) is 5.75 Å². The fraction of sp³-hybridized carbons (Fsp3) is 0.500. The minimum absolute atomic E-state index is 0.0498. The van der Waals surface area contributed by atoms with E-state index < -0.39 is 10.0 Å². The topological polar surface area (TPSA) is 75.6 Å². The summed E-state index contributed by atoms with van der Waals surface area (Å²) in [5, 5.41) is 8.85. The van der Waals surface area contributed by atoms with Crippen molar-refractivity contribution in [2.45, 2.75) is 18.7 Å². The maximum Gasteiger partial charge on any atom is 0.240 e. The highest BCUT2D eigenvalue weighted by Crippen LogP contribution is 2.15. The first-order valence-electron chi connectivity index (χ1n) is 5.83. The van der Waals surface area contributed by atoms with Crippen molar-refractivity contribution in [3.63, 3.8) is 0 Å². The van der Waals surface area contributed by atoms with E-state index in [0.717, 1.165) is 0 Å². The maximum absolute atomic E-state index is 11.9. The standard InChI is InChI=1S/C12H19NO4S/c1-3-17-11-4-6-12(7-5-11)18(15,16)13-8-10(2)9-14/h4-7,10,13-14H,3,8-9H2,1-2H3. The van der Waals surface area contributed by atoms with E-state index in [2.05, 4.69) is 4.72 Å². The average Bonchev–Trinajstić information content (AvgIpc) is 2.37. The van der Waals surface area contributed by atoms with Gasteiger partial charge in [-0.2, -0.15) is 0 Å². The van der Waals surface area contributed by atoms with Crippen molar-refractivity contribution in [1.82, 2.24) is 4.72 Å². The summed E-state index contributed by atoms with van der Waals surface area (Å²) in [7, 11) is -3.51. The second-order valence-electron chi connectivity index (χ2n) is 4.04. The Morgan fingerprint density at radius 3 is 2.44 bits per heavy atom. The molecule has 0 spiro atoms. The molecule has 2 N–H and O–H groups in total. The lowest BCUT2D eigenvalue weighted by Gasteiger charge is -2.11. The van der Waals surface area contributed by atoms with Crippen LogP contribution in [-0.4, -0.2) is 33.3 Å². The summed E-state index contributed by atoms with van der Waals surface area (Å²) in [6.07, 6.45) is 0. The van der Waals surface area contributed by atoms with Gasteiger partial charge in [0.25, 0.3) is 0 Å². The summed E-state index contributed by atoms with van der Waals surface area (Å²) in [5.41, 5.74) is 0. The molecule has 1 atom stereocenters. The fourth-order valence-electron chi connectivity index (χ4n) is 1.28. The van der Waals surface area contributed by atoms with Gasteiger partial charge in [-0.05, 0) is 37.1 Å². The molecule has 0 bridgehead atoms. The van der Waals surface area contributed by atoms with Gasteiger partial charge in [0.1, 0.15) is 5.75 Å². The normalized spacial score (nSPS) is 13.3. The zero-order valence-electron chi connectivity index (χ0n) is 10.6. The van der Waals surface area contributed by atoms with Crippen LogP contribution >= 0.6 is 0 Å². The minimum atomic E-state index is -3.51. The first-order chi connectivity index (χ1) is 8.49. The Labute approximate surface area is 108 Å². The Hall–Kier alpha value is -1.11. The molecule has 0 saturated heterocycles. The van der Waals surface area contributed by atoms with Gasteiger partial charge in [0, 0.05) is 13.2 Å². The lowest BCUT2D eigenvalue weighted by Crippen LogP contribution is -2.29. The van der Waals surface area contributed by atoms with Gasteiger partial charge in [0.2, 0.25) is 10.0 Å². The molecule has 0 aliphatic carbocycles. The van der Waals surface area contributed by atoms with E-state index >= 15 is 0 Å². The summed E-state index contributed by atoms with van der Waals surface area (Å²) in [6.45, 7) is 4.33. The second-order valence-corrected chi connectivity index (χ2v) is 5.81. The van der Waals surface area contributed by atoms with Gasteiger partial charge in [-0.3, -0.25) is 0 Å². The van der Waals surface area contributed by atoms with Crippen molar-refractivity contribution < 1.29 is 18.3 Å². The van der Waals surface area contributed by atoms with Crippen LogP contribution in [0.1, 0.15) is 13.8 Å². The molecular weight excluding hydrogens is 254 g/mol. The monoisotopic (exact) mass is 273 g/mol. The highest BCUT2D eigenvalue weighted by atomic mass is 32.2. The van der Waals surface area contributed by atoms with Crippen LogP contribution in [0.2, 0.25) is 0 Å². The van der Waals surface area contributed by atoms with Crippen LogP contribution in [0.3, 0.4) is 0 Å². The third-order valence-electron chi connectivity index (χ3n) is 2.38. The molecule has 18 heavy (non-hydrogen) atoms. The Morgan fingerprint density at radius 2 is 1.94 bits per heavy atom. The molecule has 0 fully saturated rings. The number of ether oxygens (including phenoxy) is 1. The van der Waals surface area contributed by atoms with E-state index in [1.165, 1.54) is 12.1 Å². The van der Waals surface area contributed by atoms with E-state index in [0.29, 0.717) is 12.4 Å². The molecule has 0 aliphatic heterocycles. The second kappa shape index (κ2) is 6.72. The lowest BCUT2D eigenvalue weighted by atomic mass is 10.2. The van der Waals surface area contributed by atoms with Crippen LogP contribution in [0.15, 0.2) is 29.2 Å². The van der Waals surface area contributed by atoms with E-state index in [-0.39, 0.29) is 24.0 Å². The maximum atomic E-state index is 11.9. The van der Waals surface area contributed by atoms with Crippen molar-refractivity contribution in [1.29, 1.82) is 0 Å². The van der Waals surface area contributed by atoms with Crippen LogP contribution < -0.4 is 9.46 Å². The largest absolute Gasteiger partial charge is 0.494 e. The van der Waals surface area contributed by atoms with Crippen molar-refractivity contribution in [3.8, 4) is 5.75 Å². The third kappa shape index (κ3) is 4.29. The molecule has 6 heteroatoms. The lowest BCUT2D eigenvalue weighted by molar-refractivity contribution is 0.238. The number of sulfonamides is 1. The molecule has 0 aliphatic rings. The Morgan fingerprint density at radius 1 is 1.33 bits per heavy atom. The van der Waals surface area contributed by atoms with Gasteiger partial charge in [-0.25, -0.2) is 13.1 Å². The van der Waals surface area contributed by atoms with Gasteiger partial charge in [0.15, 0.2) is 0 Å². The van der Waals surface area contributed by atoms with Crippen molar-refractivity contribution in [3.05, 3.63) is 24.3 Å². The molecule has 0 aromatic heterocycles. The smallest absolute Gasteiger partial charge is 0.240 e. The van der Waals surface area contributed by atoms with Crippen LogP contribution in [0, 0.1) is 5.92 Å². The number of aliphatic hydroxyl groups is 1.